The van der Waals surface area contributed by atoms with Crippen molar-refractivity contribution >= 4 is 0 Å². The van der Waals surface area contributed by atoms with Crippen LogP contribution in [0, 0.1) is 0 Å². The second kappa shape index (κ2) is 19.0. The molecular formula is C38H60N2. The lowest BCUT2D eigenvalue weighted by Crippen LogP contribution is -2.59. The van der Waals surface area contributed by atoms with Crippen molar-refractivity contribution in [3.05, 3.63) is 84.2 Å². The predicted octanol–water partition coefficient (Wildman–Crippen LogP) is 11.1. The number of unbranched alkanes of at least 4 members (excludes halogenated alkanes) is 13. The Labute approximate surface area is 248 Å². The lowest BCUT2D eigenvalue weighted by molar-refractivity contribution is -0.00355. The van der Waals surface area contributed by atoms with Crippen molar-refractivity contribution in [2.45, 2.75) is 142 Å². The fraction of sp³-hybridized carbons (Fsp3) is 0.632. The Morgan fingerprint density at radius 2 is 0.975 bits per heavy atom. The second-order valence-electron chi connectivity index (χ2n) is 12.2. The average Bonchev–Trinajstić information content (AvgIpc) is 3.32. The van der Waals surface area contributed by atoms with E-state index in [1.165, 1.54) is 107 Å². The van der Waals surface area contributed by atoms with Crippen LogP contribution in [0.4, 0.5) is 0 Å². The van der Waals surface area contributed by atoms with Gasteiger partial charge in [0.15, 0.2) is 0 Å². The van der Waals surface area contributed by atoms with E-state index >= 15 is 0 Å². The van der Waals surface area contributed by atoms with Crippen LogP contribution < -0.4 is 0 Å². The Hall–Kier alpha value is -2.22. The third kappa shape index (κ3) is 9.71. The minimum atomic E-state index is -0.0518. The SMILES string of the molecule is CCCCCCCCCCCCCCCN1C=CN(CCCC)C1(Cc1ccccc1)C(CC)c1ccccc1. The summed E-state index contributed by atoms with van der Waals surface area (Å²) in [7, 11) is 0. The van der Waals surface area contributed by atoms with Gasteiger partial charge in [-0.2, -0.15) is 0 Å². The van der Waals surface area contributed by atoms with Crippen molar-refractivity contribution in [1.29, 1.82) is 0 Å². The maximum absolute atomic E-state index is 2.75. The number of rotatable bonds is 22. The summed E-state index contributed by atoms with van der Waals surface area (Å²) in [5, 5.41) is 0. The van der Waals surface area contributed by atoms with Gasteiger partial charge in [0.2, 0.25) is 0 Å². The van der Waals surface area contributed by atoms with Gasteiger partial charge < -0.3 is 9.80 Å². The van der Waals surface area contributed by atoms with Crippen LogP contribution in [0.3, 0.4) is 0 Å². The van der Waals surface area contributed by atoms with Crippen molar-refractivity contribution in [3.63, 3.8) is 0 Å². The molecule has 0 spiro atoms. The number of hydrogen-bond acceptors (Lipinski definition) is 2. The molecule has 0 saturated heterocycles. The van der Waals surface area contributed by atoms with E-state index in [4.69, 9.17) is 0 Å². The van der Waals surface area contributed by atoms with Crippen LogP contribution in [0.5, 0.6) is 0 Å². The highest BCUT2D eigenvalue weighted by Gasteiger charge is 2.49. The highest BCUT2D eigenvalue weighted by Crippen LogP contribution is 2.45. The maximum atomic E-state index is 2.75. The quantitative estimate of drug-likeness (QED) is 0.136. The topological polar surface area (TPSA) is 6.48 Å². The first-order valence-electron chi connectivity index (χ1n) is 17.1. The van der Waals surface area contributed by atoms with Crippen molar-refractivity contribution in [2.24, 2.45) is 0 Å². The first-order chi connectivity index (χ1) is 19.8. The fourth-order valence-corrected chi connectivity index (χ4v) is 6.89. The van der Waals surface area contributed by atoms with Crippen LogP contribution in [0.25, 0.3) is 0 Å². The van der Waals surface area contributed by atoms with Gasteiger partial charge in [0.25, 0.3) is 0 Å². The van der Waals surface area contributed by atoms with Crippen molar-refractivity contribution in [2.75, 3.05) is 13.1 Å². The molecule has 0 bridgehead atoms. The number of nitrogens with zero attached hydrogens (tertiary/aromatic N) is 2. The molecule has 1 heterocycles. The molecule has 222 valence electrons. The van der Waals surface area contributed by atoms with Crippen LogP contribution in [-0.2, 0) is 6.42 Å². The molecule has 2 aromatic carbocycles. The molecule has 1 aliphatic heterocycles. The zero-order valence-corrected chi connectivity index (χ0v) is 26.3. The fourth-order valence-electron chi connectivity index (χ4n) is 6.89. The van der Waals surface area contributed by atoms with Crippen LogP contribution in [0.1, 0.15) is 141 Å². The van der Waals surface area contributed by atoms with Gasteiger partial charge >= 0.3 is 0 Å². The molecule has 3 rings (SSSR count). The van der Waals surface area contributed by atoms with Gasteiger partial charge in [-0.05, 0) is 30.4 Å². The number of hydrogen-bond donors (Lipinski definition) is 0. The van der Waals surface area contributed by atoms with Gasteiger partial charge in [-0.25, -0.2) is 0 Å². The maximum Gasteiger partial charge on any atom is 0.123 e. The lowest BCUT2D eigenvalue weighted by atomic mass is 9.78. The first-order valence-corrected chi connectivity index (χ1v) is 17.1. The summed E-state index contributed by atoms with van der Waals surface area (Å²) in [5.41, 5.74) is 2.86. The number of benzene rings is 2. The van der Waals surface area contributed by atoms with Crippen LogP contribution in [0.15, 0.2) is 73.1 Å². The molecule has 0 fully saturated rings. The summed E-state index contributed by atoms with van der Waals surface area (Å²) in [4.78, 5) is 5.46. The zero-order valence-electron chi connectivity index (χ0n) is 26.3. The van der Waals surface area contributed by atoms with Gasteiger partial charge in [0.1, 0.15) is 5.66 Å². The van der Waals surface area contributed by atoms with Gasteiger partial charge in [0, 0.05) is 37.8 Å². The Morgan fingerprint density at radius 1 is 0.525 bits per heavy atom. The van der Waals surface area contributed by atoms with E-state index in [1.54, 1.807) is 0 Å². The third-order valence-corrected chi connectivity index (χ3v) is 9.15. The molecule has 2 heteroatoms. The predicted molar refractivity (Wildman–Crippen MR) is 176 cm³/mol. The highest BCUT2D eigenvalue weighted by atomic mass is 15.4. The molecule has 0 amide bonds. The zero-order chi connectivity index (χ0) is 28.3. The second-order valence-corrected chi connectivity index (χ2v) is 12.2. The summed E-state index contributed by atoms with van der Waals surface area (Å²) in [5.74, 6) is 0.447. The molecule has 2 aromatic rings. The highest BCUT2D eigenvalue weighted by molar-refractivity contribution is 5.30. The van der Waals surface area contributed by atoms with E-state index in [0.29, 0.717) is 5.92 Å². The molecule has 2 unspecified atom stereocenters. The van der Waals surface area contributed by atoms with E-state index in [2.05, 4.69) is 104 Å². The standard InChI is InChI=1S/C38H60N2/c1-4-7-9-10-11-12-13-14-15-16-17-18-25-31-40-33-32-39(30-8-5-2)38(40,34-35-26-21-19-22-27-35)37(6-3)36-28-23-20-24-29-36/h19-24,26-29,32-33,37H,4-18,25,30-31,34H2,1-3H3. The molecular weight excluding hydrogens is 484 g/mol. The van der Waals surface area contributed by atoms with Crippen LogP contribution in [0.2, 0.25) is 0 Å². The summed E-state index contributed by atoms with van der Waals surface area (Å²) in [6, 6.07) is 22.6. The van der Waals surface area contributed by atoms with E-state index < -0.39 is 0 Å². The minimum absolute atomic E-state index is 0.0518. The molecule has 40 heavy (non-hydrogen) atoms. The Bertz CT molecular complexity index is 908. The molecule has 0 aromatic heterocycles. The van der Waals surface area contributed by atoms with Crippen molar-refractivity contribution < 1.29 is 0 Å². The lowest BCUT2D eigenvalue weighted by Gasteiger charge is -2.51. The molecule has 0 aliphatic carbocycles. The van der Waals surface area contributed by atoms with Gasteiger partial charge in [0.05, 0.1) is 0 Å². The normalized spacial score (nSPS) is 17.6. The van der Waals surface area contributed by atoms with Gasteiger partial charge in [-0.3, -0.25) is 0 Å². The molecule has 1 aliphatic rings. The monoisotopic (exact) mass is 544 g/mol. The molecule has 0 saturated carbocycles. The summed E-state index contributed by atoms with van der Waals surface area (Å²) < 4.78 is 0. The summed E-state index contributed by atoms with van der Waals surface area (Å²) >= 11 is 0. The van der Waals surface area contributed by atoms with Gasteiger partial charge in [-0.15, -0.1) is 0 Å². The molecule has 2 atom stereocenters. The van der Waals surface area contributed by atoms with Crippen molar-refractivity contribution in [3.8, 4) is 0 Å². The van der Waals surface area contributed by atoms with E-state index in [-0.39, 0.29) is 5.66 Å². The summed E-state index contributed by atoms with van der Waals surface area (Å²) in [6.45, 7) is 9.28. The molecule has 0 radical (unpaired) electrons. The third-order valence-electron chi connectivity index (χ3n) is 9.15. The Kier molecular flexibility index (Phi) is 15.3. The van der Waals surface area contributed by atoms with Crippen LogP contribution >= 0.6 is 0 Å². The average molecular weight is 545 g/mol. The molecule has 2 nitrogen and oxygen atoms in total. The molecule has 0 N–H and O–H groups in total. The minimum Gasteiger partial charge on any atom is -0.353 e. The van der Waals surface area contributed by atoms with Crippen LogP contribution in [-0.4, -0.2) is 28.6 Å². The first kappa shape index (κ1) is 32.3. The summed E-state index contributed by atoms with van der Waals surface area (Å²) in [6.07, 6.45) is 27.8. The Balaban J connectivity index is 1.61. The largest absolute Gasteiger partial charge is 0.353 e. The Morgan fingerprint density at radius 3 is 1.48 bits per heavy atom. The van der Waals surface area contributed by atoms with E-state index in [1.807, 2.05) is 0 Å². The smallest absolute Gasteiger partial charge is 0.123 e. The van der Waals surface area contributed by atoms with Crippen molar-refractivity contribution in [1.82, 2.24) is 9.80 Å². The van der Waals surface area contributed by atoms with E-state index in [9.17, 15) is 0 Å². The van der Waals surface area contributed by atoms with Gasteiger partial charge in [-0.1, -0.05) is 165 Å². The van der Waals surface area contributed by atoms with E-state index in [0.717, 1.165) is 25.9 Å².